The third kappa shape index (κ3) is 3.59. The third-order valence-electron chi connectivity index (χ3n) is 8.68. The Morgan fingerprint density at radius 3 is 2.19 bits per heavy atom. The number of aliphatic hydroxyl groups is 1. The Morgan fingerprint density at radius 1 is 0.963 bits per heavy atom. The number of rotatable bonds is 5. The maximum atomic E-state index is 11.5. The standard InChI is InChI=1S/C22H43N3O2/c1-20(2,23-5)17-9-8-16(27-17)14-10-12-21(3,24-6)15-11-13-22(4,25-7)19(26)18(14)15/h14-19,26H,5-13,23-25H2,1-4H3. The molecule has 3 aliphatic rings. The van der Waals surface area contributed by atoms with Gasteiger partial charge in [0.25, 0.3) is 0 Å². The molecule has 0 bridgehead atoms. The normalized spacial score (nSPS) is 48.4. The molecule has 158 valence electrons. The first-order valence-electron chi connectivity index (χ1n) is 10.9. The third-order valence-corrected chi connectivity index (χ3v) is 8.68. The lowest BCUT2D eigenvalue weighted by atomic mass is 9.53. The Hall–Kier alpha value is -0.200. The molecule has 7 N–H and O–H groups in total. The molecule has 0 radical (unpaired) electrons. The minimum Gasteiger partial charge on any atom is -0.474 e. The summed E-state index contributed by atoms with van der Waals surface area (Å²) in [6.07, 6.45) is 6.71. The number of ether oxygens (including phenoxy) is 1. The van der Waals surface area contributed by atoms with Gasteiger partial charge < -0.3 is 25.8 Å². The fraction of sp³-hybridized carbons (Fsp3) is 0.864. The van der Waals surface area contributed by atoms with Gasteiger partial charge in [-0.05, 0) is 59.3 Å². The Labute approximate surface area is 166 Å². The molecule has 8 atom stereocenters. The second-order valence-electron chi connectivity index (χ2n) is 10.6. The van der Waals surface area contributed by atoms with Gasteiger partial charge in [-0.25, -0.2) is 0 Å². The van der Waals surface area contributed by atoms with Gasteiger partial charge in [0.05, 0.1) is 22.7 Å². The second kappa shape index (κ2) is 7.56. The van der Waals surface area contributed by atoms with E-state index >= 15 is 0 Å². The van der Waals surface area contributed by atoms with Gasteiger partial charge in [0.1, 0.15) is 12.2 Å². The summed E-state index contributed by atoms with van der Waals surface area (Å²) in [5.41, 5.74) is -0.0838. The summed E-state index contributed by atoms with van der Waals surface area (Å²) in [5, 5.41) is 17.7. The molecule has 0 aromatic carbocycles. The lowest BCUT2D eigenvalue weighted by Gasteiger charge is -2.57. The molecule has 3 rings (SSSR count). The highest BCUT2D eigenvalue weighted by atomic mass is 16.5. The van der Waals surface area contributed by atoms with E-state index in [9.17, 15) is 5.11 Å². The highest BCUT2D eigenvalue weighted by Crippen LogP contribution is 2.52. The van der Waals surface area contributed by atoms with E-state index in [1.54, 1.807) is 0 Å². The number of quaternary nitrogens is 3. The van der Waals surface area contributed by atoms with Crippen molar-refractivity contribution in [3.63, 3.8) is 0 Å². The van der Waals surface area contributed by atoms with Crippen molar-refractivity contribution >= 4 is 0 Å². The molecule has 0 spiro atoms. The van der Waals surface area contributed by atoms with Crippen LogP contribution >= 0.6 is 0 Å². The summed E-state index contributed by atoms with van der Waals surface area (Å²) in [4.78, 5) is 0. The molecule has 2 saturated carbocycles. The molecular weight excluding hydrogens is 338 g/mol. The number of hydrogen-bond acceptors (Lipinski definition) is 2. The summed E-state index contributed by atoms with van der Waals surface area (Å²) in [7, 11) is 12.2. The molecule has 5 heteroatoms. The van der Waals surface area contributed by atoms with Crippen LogP contribution in [0.15, 0.2) is 0 Å². The van der Waals surface area contributed by atoms with Crippen molar-refractivity contribution in [2.45, 2.75) is 101 Å². The van der Waals surface area contributed by atoms with Gasteiger partial charge in [-0.15, -0.1) is 0 Å². The van der Waals surface area contributed by atoms with Crippen LogP contribution in [0.3, 0.4) is 0 Å². The van der Waals surface area contributed by atoms with Crippen LogP contribution in [0.4, 0.5) is 0 Å². The van der Waals surface area contributed by atoms with Crippen molar-refractivity contribution in [2.75, 3.05) is 0 Å². The summed E-state index contributed by atoms with van der Waals surface area (Å²) in [5.74, 6) is 1.16. The Balaban J connectivity index is 1.85. The van der Waals surface area contributed by atoms with Crippen LogP contribution in [0, 0.1) is 38.9 Å². The first-order chi connectivity index (χ1) is 12.6. The zero-order valence-electron chi connectivity index (χ0n) is 17.9. The van der Waals surface area contributed by atoms with Crippen LogP contribution in [0.5, 0.6) is 0 Å². The van der Waals surface area contributed by atoms with Crippen molar-refractivity contribution in [2.24, 2.45) is 17.8 Å². The second-order valence-corrected chi connectivity index (χ2v) is 10.6. The van der Waals surface area contributed by atoms with Gasteiger partial charge in [0.2, 0.25) is 0 Å². The predicted octanol–water partition coefficient (Wildman–Crippen LogP) is -0.308. The lowest BCUT2D eigenvalue weighted by molar-refractivity contribution is -0.704. The van der Waals surface area contributed by atoms with Gasteiger partial charge in [-0.2, -0.15) is 21.1 Å². The van der Waals surface area contributed by atoms with Crippen molar-refractivity contribution in [3.8, 4) is 0 Å². The quantitative estimate of drug-likeness (QED) is 0.493. The van der Waals surface area contributed by atoms with Gasteiger partial charge >= 0.3 is 0 Å². The molecule has 2 aliphatic carbocycles. The molecular formula is C22H43N3O2. The number of nitrogens with two attached hydrogens (primary N) is 3. The van der Waals surface area contributed by atoms with E-state index in [-0.39, 0.29) is 40.8 Å². The highest BCUT2D eigenvalue weighted by Gasteiger charge is 2.59. The van der Waals surface area contributed by atoms with E-state index in [1.807, 2.05) is 10.6 Å². The molecule has 8 unspecified atom stereocenters. The van der Waals surface area contributed by atoms with E-state index in [4.69, 9.17) is 4.74 Å². The molecule has 0 aromatic heterocycles. The summed E-state index contributed by atoms with van der Waals surface area (Å²) in [6.45, 7) is 8.96. The van der Waals surface area contributed by atoms with Gasteiger partial charge in [-0.1, -0.05) is 0 Å². The molecule has 1 aliphatic heterocycles. The molecule has 0 aromatic rings. The van der Waals surface area contributed by atoms with E-state index in [0.29, 0.717) is 11.8 Å². The van der Waals surface area contributed by atoms with Crippen LogP contribution in [-0.2, 0) is 4.74 Å². The zero-order valence-corrected chi connectivity index (χ0v) is 17.9. The highest BCUT2D eigenvalue weighted by molar-refractivity contribution is 5.07. The predicted molar refractivity (Wildman–Crippen MR) is 106 cm³/mol. The smallest absolute Gasteiger partial charge is 0.110 e. The first-order valence-corrected chi connectivity index (χ1v) is 10.9. The Morgan fingerprint density at radius 2 is 1.59 bits per heavy atom. The zero-order chi connectivity index (χ0) is 20.0. The fourth-order valence-electron chi connectivity index (χ4n) is 6.19. The van der Waals surface area contributed by atoms with E-state index in [1.165, 1.54) is 0 Å². The first kappa shape index (κ1) is 21.5. The van der Waals surface area contributed by atoms with Crippen molar-refractivity contribution in [1.29, 1.82) is 0 Å². The van der Waals surface area contributed by atoms with Crippen LogP contribution in [0.2, 0.25) is 0 Å². The summed E-state index contributed by atoms with van der Waals surface area (Å²) >= 11 is 0. The Kier molecular flexibility index (Phi) is 6.03. The van der Waals surface area contributed by atoms with E-state index < -0.39 is 0 Å². The van der Waals surface area contributed by atoms with E-state index in [0.717, 1.165) is 38.5 Å². The molecule has 3 fully saturated rings. The number of hydrogen-bond donors (Lipinski definition) is 4. The van der Waals surface area contributed by atoms with E-state index in [2.05, 4.69) is 54.2 Å². The maximum Gasteiger partial charge on any atom is 0.110 e. The summed E-state index contributed by atoms with van der Waals surface area (Å²) in [6, 6.07) is 0. The molecule has 1 heterocycles. The van der Waals surface area contributed by atoms with Crippen molar-refractivity contribution < 1.29 is 25.8 Å². The SMILES string of the molecule is [CH2-][NH2+]C(C)(C)C1CCC(C2CCC(C)([NH2+][CH2-])C3CCC(C)([NH2+][CH2-])C(O)C23)O1. The largest absolute Gasteiger partial charge is 0.474 e. The van der Waals surface area contributed by atoms with Crippen molar-refractivity contribution in [3.05, 3.63) is 21.1 Å². The lowest BCUT2D eigenvalue weighted by Crippen LogP contribution is -2.98. The molecule has 0 amide bonds. The molecule has 5 nitrogen and oxygen atoms in total. The van der Waals surface area contributed by atoms with Crippen LogP contribution in [-0.4, -0.2) is 40.0 Å². The number of aliphatic hydroxyl groups excluding tert-OH is 1. The minimum atomic E-state index is -0.353. The molecule has 1 saturated heterocycles. The fourth-order valence-corrected chi connectivity index (χ4v) is 6.19. The minimum absolute atomic E-state index is 0.000733. The summed E-state index contributed by atoms with van der Waals surface area (Å²) < 4.78 is 6.62. The van der Waals surface area contributed by atoms with Crippen LogP contribution in [0.25, 0.3) is 0 Å². The number of fused-ring (bicyclic) bond motifs is 1. The van der Waals surface area contributed by atoms with Gasteiger partial charge in [-0.3, -0.25) is 0 Å². The molecule has 27 heavy (non-hydrogen) atoms. The average Bonchev–Trinajstić information content (AvgIpc) is 3.16. The average molecular weight is 382 g/mol. The topological polar surface area (TPSA) is 79.3 Å². The monoisotopic (exact) mass is 381 g/mol. The van der Waals surface area contributed by atoms with Crippen LogP contribution < -0.4 is 16.0 Å². The van der Waals surface area contributed by atoms with Crippen LogP contribution in [0.1, 0.15) is 66.2 Å². The van der Waals surface area contributed by atoms with Crippen molar-refractivity contribution in [1.82, 2.24) is 0 Å². The van der Waals surface area contributed by atoms with Gasteiger partial charge in [0.15, 0.2) is 0 Å². The maximum absolute atomic E-state index is 11.5. The Bertz CT molecular complexity index is 528. The van der Waals surface area contributed by atoms with Gasteiger partial charge in [0, 0.05) is 24.7 Å².